The zero-order chi connectivity index (χ0) is 16.6. The molecule has 2 heterocycles. The van der Waals surface area contributed by atoms with Gasteiger partial charge in [-0.05, 0) is 37.6 Å². The van der Waals surface area contributed by atoms with Crippen LogP contribution in [0.15, 0.2) is 41.0 Å². The van der Waals surface area contributed by atoms with E-state index in [2.05, 4.69) is 21.0 Å². The molecule has 1 atom stereocenters. The highest BCUT2D eigenvalue weighted by atomic mass is 79.9. The van der Waals surface area contributed by atoms with Crippen molar-refractivity contribution in [2.75, 3.05) is 13.1 Å². The van der Waals surface area contributed by atoms with Gasteiger partial charge < -0.3 is 10.0 Å². The third-order valence-electron chi connectivity index (χ3n) is 4.16. The average Bonchev–Trinajstić information content (AvgIpc) is 3.14. The van der Waals surface area contributed by atoms with Crippen molar-refractivity contribution in [1.82, 2.24) is 14.7 Å². The summed E-state index contributed by atoms with van der Waals surface area (Å²) in [7, 11) is 0. The number of rotatable bonds is 3. The van der Waals surface area contributed by atoms with Crippen LogP contribution in [0.3, 0.4) is 0 Å². The Kier molecular flexibility index (Phi) is 3.97. The number of carbonyl (C=O) groups is 2. The van der Waals surface area contributed by atoms with Crippen LogP contribution in [-0.2, 0) is 4.79 Å². The number of hydrogen-bond donors (Lipinski definition) is 1. The molecule has 1 aliphatic heterocycles. The quantitative estimate of drug-likeness (QED) is 0.891. The molecule has 0 spiro atoms. The number of likely N-dealkylation sites (tertiary alicyclic amines) is 1. The van der Waals surface area contributed by atoms with Gasteiger partial charge in [0.1, 0.15) is 0 Å². The topological polar surface area (TPSA) is 75.4 Å². The Hall–Kier alpha value is -2.15. The van der Waals surface area contributed by atoms with E-state index in [0.717, 1.165) is 10.2 Å². The van der Waals surface area contributed by atoms with Gasteiger partial charge in [0.25, 0.3) is 5.91 Å². The van der Waals surface area contributed by atoms with Crippen LogP contribution in [0.5, 0.6) is 0 Å². The summed E-state index contributed by atoms with van der Waals surface area (Å²) in [5, 5.41) is 13.6. The minimum Gasteiger partial charge on any atom is -0.481 e. The second-order valence-electron chi connectivity index (χ2n) is 5.97. The second-order valence-corrected chi connectivity index (χ2v) is 6.88. The van der Waals surface area contributed by atoms with E-state index in [4.69, 9.17) is 0 Å². The van der Waals surface area contributed by atoms with Crippen LogP contribution in [0.25, 0.3) is 5.69 Å². The van der Waals surface area contributed by atoms with E-state index >= 15 is 0 Å². The molecule has 1 unspecified atom stereocenters. The highest BCUT2D eigenvalue weighted by Gasteiger charge is 2.42. The standard InChI is InChI=1S/C16H16BrN3O3/c1-16(15(22)23)6-8-19(10-16)14(21)13-5-7-20(18-13)12-4-2-3-11(17)9-12/h2-5,7,9H,6,8,10H2,1H3,(H,22,23). The normalized spacial score (nSPS) is 20.7. The zero-order valence-electron chi connectivity index (χ0n) is 12.6. The summed E-state index contributed by atoms with van der Waals surface area (Å²) in [4.78, 5) is 25.4. The zero-order valence-corrected chi connectivity index (χ0v) is 14.2. The van der Waals surface area contributed by atoms with Crippen molar-refractivity contribution in [3.63, 3.8) is 0 Å². The monoisotopic (exact) mass is 377 g/mol. The van der Waals surface area contributed by atoms with Crippen LogP contribution in [0.4, 0.5) is 0 Å². The van der Waals surface area contributed by atoms with Crippen molar-refractivity contribution in [3.8, 4) is 5.69 Å². The van der Waals surface area contributed by atoms with Gasteiger partial charge in [-0.25, -0.2) is 4.68 Å². The van der Waals surface area contributed by atoms with Gasteiger partial charge in [0, 0.05) is 23.8 Å². The lowest BCUT2D eigenvalue weighted by Gasteiger charge is -2.19. The van der Waals surface area contributed by atoms with Gasteiger partial charge in [-0.1, -0.05) is 22.0 Å². The molecule has 1 N–H and O–H groups in total. The van der Waals surface area contributed by atoms with E-state index in [9.17, 15) is 14.7 Å². The Morgan fingerprint density at radius 1 is 1.35 bits per heavy atom. The minimum absolute atomic E-state index is 0.213. The van der Waals surface area contributed by atoms with Gasteiger partial charge in [-0.15, -0.1) is 0 Å². The van der Waals surface area contributed by atoms with E-state index in [1.54, 1.807) is 28.8 Å². The maximum atomic E-state index is 12.5. The number of aliphatic carboxylic acids is 1. The summed E-state index contributed by atoms with van der Waals surface area (Å²) >= 11 is 3.40. The smallest absolute Gasteiger partial charge is 0.311 e. The summed E-state index contributed by atoms with van der Waals surface area (Å²) in [5.41, 5.74) is 0.289. The molecule has 6 nitrogen and oxygen atoms in total. The largest absolute Gasteiger partial charge is 0.481 e. The molecule has 23 heavy (non-hydrogen) atoms. The fourth-order valence-electron chi connectivity index (χ4n) is 2.67. The molecule has 2 aromatic rings. The van der Waals surface area contributed by atoms with E-state index < -0.39 is 11.4 Å². The van der Waals surface area contributed by atoms with Crippen LogP contribution in [0.1, 0.15) is 23.8 Å². The molecule has 1 amide bonds. The minimum atomic E-state index is -0.873. The number of carboxylic acids is 1. The maximum Gasteiger partial charge on any atom is 0.311 e. The number of aromatic nitrogens is 2. The number of hydrogen-bond acceptors (Lipinski definition) is 3. The van der Waals surface area contributed by atoms with Gasteiger partial charge in [0.15, 0.2) is 5.69 Å². The summed E-state index contributed by atoms with van der Waals surface area (Å²) in [6.07, 6.45) is 2.18. The lowest BCUT2D eigenvalue weighted by Crippen LogP contribution is -2.35. The van der Waals surface area contributed by atoms with Crippen molar-refractivity contribution in [2.24, 2.45) is 5.41 Å². The maximum absolute atomic E-state index is 12.5. The first kappa shape index (κ1) is 15.7. The van der Waals surface area contributed by atoms with Crippen LogP contribution < -0.4 is 0 Å². The van der Waals surface area contributed by atoms with Crippen molar-refractivity contribution in [1.29, 1.82) is 0 Å². The molecule has 0 saturated carbocycles. The molecule has 3 rings (SSSR count). The molecule has 7 heteroatoms. The van der Waals surface area contributed by atoms with Crippen LogP contribution in [0, 0.1) is 5.41 Å². The molecule has 1 saturated heterocycles. The molecule has 0 bridgehead atoms. The Balaban J connectivity index is 1.79. The fraction of sp³-hybridized carbons (Fsp3) is 0.312. The van der Waals surface area contributed by atoms with E-state index in [1.165, 1.54) is 0 Å². The third-order valence-corrected chi connectivity index (χ3v) is 4.65. The van der Waals surface area contributed by atoms with Crippen molar-refractivity contribution < 1.29 is 14.7 Å². The van der Waals surface area contributed by atoms with E-state index in [1.807, 2.05) is 24.3 Å². The summed E-state index contributed by atoms with van der Waals surface area (Å²) < 4.78 is 2.56. The van der Waals surface area contributed by atoms with Gasteiger partial charge in [0.05, 0.1) is 11.1 Å². The first-order valence-corrected chi connectivity index (χ1v) is 8.03. The third kappa shape index (κ3) is 3.01. The van der Waals surface area contributed by atoms with Crippen LogP contribution in [-0.4, -0.2) is 44.8 Å². The van der Waals surface area contributed by atoms with Gasteiger partial charge >= 0.3 is 5.97 Å². The van der Waals surface area contributed by atoms with Gasteiger partial charge in [-0.3, -0.25) is 9.59 Å². The Labute approximate surface area is 141 Å². The van der Waals surface area contributed by atoms with Crippen molar-refractivity contribution in [3.05, 3.63) is 46.7 Å². The Morgan fingerprint density at radius 3 is 2.78 bits per heavy atom. The summed E-state index contributed by atoms with van der Waals surface area (Å²) in [6.45, 7) is 2.32. The van der Waals surface area contributed by atoms with Gasteiger partial charge in [-0.2, -0.15) is 5.10 Å². The van der Waals surface area contributed by atoms with Crippen molar-refractivity contribution >= 4 is 27.8 Å². The molecule has 0 aliphatic carbocycles. The first-order valence-electron chi connectivity index (χ1n) is 7.23. The van der Waals surface area contributed by atoms with E-state index in [0.29, 0.717) is 18.7 Å². The molecular weight excluding hydrogens is 362 g/mol. The van der Waals surface area contributed by atoms with Crippen molar-refractivity contribution in [2.45, 2.75) is 13.3 Å². The predicted molar refractivity (Wildman–Crippen MR) is 87.5 cm³/mol. The molecule has 1 aromatic carbocycles. The molecule has 1 aliphatic rings. The lowest BCUT2D eigenvalue weighted by atomic mass is 9.90. The molecule has 120 valence electrons. The van der Waals surface area contributed by atoms with Crippen LogP contribution >= 0.6 is 15.9 Å². The Morgan fingerprint density at radius 2 is 2.13 bits per heavy atom. The Bertz CT molecular complexity index is 773. The molecule has 1 aromatic heterocycles. The van der Waals surface area contributed by atoms with E-state index in [-0.39, 0.29) is 12.5 Å². The number of amides is 1. The van der Waals surface area contributed by atoms with Gasteiger partial charge in [0.2, 0.25) is 0 Å². The highest BCUT2D eigenvalue weighted by Crippen LogP contribution is 2.30. The number of carboxylic acid groups (broad SMARTS) is 1. The fourth-order valence-corrected chi connectivity index (χ4v) is 3.06. The number of halogens is 1. The lowest BCUT2D eigenvalue weighted by molar-refractivity contribution is -0.147. The SMILES string of the molecule is CC1(C(=O)O)CCN(C(=O)c2ccn(-c3cccc(Br)c3)n2)C1. The first-order chi connectivity index (χ1) is 10.9. The highest BCUT2D eigenvalue weighted by molar-refractivity contribution is 9.10. The summed E-state index contributed by atoms with van der Waals surface area (Å²) in [6, 6.07) is 9.25. The predicted octanol–water partition coefficient (Wildman–Crippen LogP) is 2.57. The summed E-state index contributed by atoms with van der Waals surface area (Å²) in [5.74, 6) is -1.10. The number of carbonyl (C=O) groups excluding carboxylic acids is 1. The molecule has 0 radical (unpaired) electrons. The molecular formula is C16H16BrN3O3. The molecule has 1 fully saturated rings. The van der Waals surface area contributed by atoms with Crippen LogP contribution in [0.2, 0.25) is 0 Å². The number of benzene rings is 1. The second kappa shape index (κ2) is 5.81. The average molecular weight is 378 g/mol. The number of nitrogens with zero attached hydrogens (tertiary/aromatic N) is 3.